The lowest BCUT2D eigenvalue weighted by molar-refractivity contribution is -0.0611. The average Bonchev–Trinajstić information content (AvgIpc) is 3.30. The van der Waals surface area contributed by atoms with Crippen molar-refractivity contribution in [3.8, 4) is 5.69 Å². The Hall–Kier alpha value is -3.32. The van der Waals surface area contributed by atoms with E-state index in [-0.39, 0.29) is 5.41 Å². The number of carbonyl (C=O) groups excluding carboxylic acids is 1. The summed E-state index contributed by atoms with van der Waals surface area (Å²) in [5.41, 5.74) is 3.50. The normalized spacial score (nSPS) is 15.5. The minimum atomic E-state index is -0.103. The Morgan fingerprint density at radius 1 is 1.21 bits per heavy atom. The number of aryl methyl sites for hydroxylation is 1. The van der Waals surface area contributed by atoms with Crippen molar-refractivity contribution in [3.63, 3.8) is 0 Å². The highest BCUT2D eigenvalue weighted by molar-refractivity contribution is 5.86. The van der Waals surface area contributed by atoms with Crippen molar-refractivity contribution >= 4 is 17.2 Å². The molecule has 7 nitrogen and oxygen atoms in total. The largest absolute Gasteiger partial charge is 0.379 e. The smallest absolute Gasteiger partial charge is 0.150 e. The zero-order valence-corrected chi connectivity index (χ0v) is 15.4. The standard InChI is InChI=1S/C21H19N5O2/c1-25-14-22-23-20(25)9-21(12-28-13-21)17-3-2-4-18(8-17)26-10-16-6-5-15(11-27)7-19(16)24-26/h2-8,10-11,14H,9,12-13H2,1H3. The molecule has 7 heteroatoms. The van der Waals surface area contributed by atoms with Gasteiger partial charge in [-0.15, -0.1) is 10.2 Å². The van der Waals surface area contributed by atoms with Crippen LogP contribution in [0.3, 0.4) is 0 Å². The predicted octanol–water partition coefficient (Wildman–Crippen LogP) is 2.48. The van der Waals surface area contributed by atoms with Crippen molar-refractivity contribution in [3.05, 3.63) is 71.9 Å². The molecule has 0 atom stereocenters. The van der Waals surface area contributed by atoms with Gasteiger partial charge >= 0.3 is 0 Å². The molecule has 0 unspecified atom stereocenters. The molecule has 5 rings (SSSR count). The lowest BCUT2D eigenvalue weighted by atomic mass is 9.75. The van der Waals surface area contributed by atoms with Crippen molar-refractivity contribution in [2.24, 2.45) is 7.05 Å². The molecule has 0 amide bonds. The molecule has 1 aliphatic rings. The van der Waals surface area contributed by atoms with E-state index in [2.05, 4.69) is 27.4 Å². The van der Waals surface area contributed by atoms with Gasteiger partial charge in [0.05, 0.1) is 24.4 Å². The van der Waals surface area contributed by atoms with Crippen LogP contribution in [0, 0.1) is 0 Å². The number of benzene rings is 2. The zero-order chi connectivity index (χ0) is 19.1. The fraction of sp³-hybridized carbons (Fsp3) is 0.238. The third kappa shape index (κ3) is 2.71. The third-order valence-corrected chi connectivity index (χ3v) is 5.45. The van der Waals surface area contributed by atoms with E-state index in [0.717, 1.165) is 35.1 Å². The Balaban J connectivity index is 1.52. The van der Waals surface area contributed by atoms with Crippen LogP contribution in [-0.4, -0.2) is 44.0 Å². The molecule has 1 fully saturated rings. The Morgan fingerprint density at radius 2 is 2.11 bits per heavy atom. The van der Waals surface area contributed by atoms with Crippen LogP contribution >= 0.6 is 0 Å². The van der Waals surface area contributed by atoms with Gasteiger partial charge < -0.3 is 9.30 Å². The summed E-state index contributed by atoms with van der Waals surface area (Å²) in [5, 5.41) is 13.9. The Morgan fingerprint density at radius 3 is 2.82 bits per heavy atom. The number of rotatable bonds is 5. The topological polar surface area (TPSA) is 74.8 Å². The summed E-state index contributed by atoms with van der Waals surface area (Å²) in [6.07, 6.45) is 5.32. The van der Waals surface area contributed by atoms with E-state index < -0.39 is 0 Å². The van der Waals surface area contributed by atoms with Gasteiger partial charge in [0.2, 0.25) is 0 Å². The summed E-state index contributed by atoms with van der Waals surface area (Å²) in [7, 11) is 1.96. The molecular weight excluding hydrogens is 354 g/mol. The maximum absolute atomic E-state index is 11.0. The molecule has 1 saturated heterocycles. The van der Waals surface area contributed by atoms with Crippen LogP contribution in [-0.2, 0) is 23.6 Å². The second kappa shape index (κ2) is 6.38. The Kier molecular flexibility index (Phi) is 3.84. The molecule has 0 aliphatic carbocycles. The first-order chi connectivity index (χ1) is 13.7. The van der Waals surface area contributed by atoms with E-state index in [0.29, 0.717) is 18.8 Å². The van der Waals surface area contributed by atoms with E-state index in [1.54, 1.807) is 18.5 Å². The lowest BCUT2D eigenvalue weighted by Crippen LogP contribution is -2.49. The van der Waals surface area contributed by atoms with Crippen LogP contribution < -0.4 is 0 Å². The molecule has 0 spiro atoms. The molecule has 4 aromatic rings. The minimum absolute atomic E-state index is 0.103. The first-order valence-corrected chi connectivity index (χ1v) is 9.13. The summed E-state index contributed by atoms with van der Waals surface area (Å²) in [6.45, 7) is 1.32. The second-order valence-corrected chi connectivity index (χ2v) is 7.37. The Labute approximate surface area is 161 Å². The molecule has 0 N–H and O–H groups in total. The zero-order valence-electron chi connectivity index (χ0n) is 15.4. The second-order valence-electron chi connectivity index (χ2n) is 7.37. The van der Waals surface area contributed by atoms with Gasteiger partial charge in [-0.3, -0.25) is 4.79 Å². The summed E-state index contributed by atoms with van der Waals surface area (Å²) >= 11 is 0. The summed E-state index contributed by atoms with van der Waals surface area (Å²) < 4.78 is 9.40. The third-order valence-electron chi connectivity index (χ3n) is 5.45. The van der Waals surface area contributed by atoms with Gasteiger partial charge in [-0.1, -0.05) is 24.3 Å². The van der Waals surface area contributed by atoms with Crippen LogP contribution in [0.25, 0.3) is 16.6 Å². The van der Waals surface area contributed by atoms with Crippen LogP contribution in [0.1, 0.15) is 21.7 Å². The number of nitrogens with zero attached hydrogens (tertiary/aromatic N) is 5. The predicted molar refractivity (Wildman–Crippen MR) is 104 cm³/mol. The Bertz CT molecular complexity index is 1170. The van der Waals surface area contributed by atoms with Crippen molar-refractivity contribution < 1.29 is 9.53 Å². The monoisotopic (exact) mass is 373 g/mol. The van der Waals surface area contributed by atoms with Gasteiger partial charge in [-0.25, -0.2) is 4.68 Å². The number of fused-ring (bicyclic) bond motifs is 1. The van der Waals surface area contributed by atoms with Crippen molar-refractivity contribution in [2.45, 2.75) is 11.8 Å². The average molecular weight is 373 g/mol. The quantitative estimate of drug-likeness (QED) is 0.503. The van der Waals surface area contributed by atoms with E-state index >= 15 is 0 Å². The van der Waals surface area contributed by atoms with Crippen LogP contribution in [0.5, 0.6) is 0 Å². The molecule has 2 aromatic heterocycles. The molecule has 1 aliphatic heterocycles. The van der Waals surface area contributed by atoms with Crippen molar-refractivity contribution in [1.29, 1.82) is 0 Å². The number of hydrogen-bond donors (Lipinski definition) is 0. The summed E-state index contributed by atoms with van der Waals surface area (Å²) in [5.74, 6) is 0.944. The maximum Gasteiger partial charge on any atom is 0.150 e. The SMILES string of the molecule is Cn1cnnc1CC1(c2cccc(-n3cc4ccc(C=O)cc4n3)c2)COC1. The number of carbonyl (C=O) groups is 1. The van der Waals surface area contributed by atoms with Gasteiger partial charge in [-0.2, -0.15) is 5.10 Å². The van der Waals surface area contributed by atoms with E-state index in [4.69, 9.17) is 4.74 Å². The number of aldehydes is 1. The van der Waals surface area contributed by atoms with Gasteiger partial charge in [-0.05, 0) is 23.8 Å². The minimum Gasteiger partial charge on any atom is -0.379 e. The number of hydrogen-bond acceptors (Lipinski definition) is 5. The van der Waals surface area contributed by atoms with Crippen LogP contribution in [0.15, 0.2) is 55.0 Å². The highest BCUT2D eigenvalue weighted by Gasteiger charge is 2.41. The van der Waals surface area contributed by atoms with E-state index in [9.17, 15) is 4.79 Å². The highest BCUT2D eigenvalue weighted by Crippen LogP contribution is 2.36. The van der Waals surface area contributed by atoms with Gasteiger partial charge in [0.25, 0.3) is 0 Å². The first kappa shape index (κ1) is 16.8. The van der Waals surface area contributed by atoms with Gasteiger partial charge in [0, 0.05) is 36.0 Å². The fourth-order valence-corrected chi connectivity index (χ4v) is 3.71. The highest BCUT2D eigenvalue weighted by atomic mass is 16.5. The van der Waals surface area contributed by atoms with E-state index in [1.807, 2.05) is 40.7 Å². The summed E-state index contributed by atoms with van der Waals surface area (Å²) in [4.78, 5) is 11.0. The van der Waals surface area contributed by atoms with Crippen molar-refractivity contribution in [2.75, 3.05) is 13.2 Å². The number of ether oxygens (including phenoxy) is 1. The molecule has 3 heterocycles. The molecule has 0 saturated carbocycles. The fourth-order valence-electron chi connectivity index (χ4n) is 3.71. The molecule has 140 valence electrons. The summed E-state index contributed by atoms with van der Waals surface area (Å²) in [6, 6.07) is 13.9. The van der Waals surface area contributed by atoms with Crippen LogP contribution in [0.2, 0.25) is 0 Å². The van der Waals surface area contributed by atoms with Gasteiger partial charge in [0.15, 0.2) is 0 Å². The molecule has 2 aromatic carbocycles. The van der Waals surface area contributed by atoms with E-state index in [1.165, 1.54) is 5.56 Å². The molecule has 0 radical (unpaired) electrons. The number of aromatic nitrogens is 5. The van der Waals surface area contributed by atoms with Crippen molar-refractivity contribution in [1.82, 2.24) is 24.5 Å². The molecule has 28 heavy (non-hydrogen) atoms. The van der Waals surface area contributed by atoms with Crippen LogP contribution in [0.4, 0.5) is 0 Å². The lowest BCUT2D eigenvalue weighted by Gasteiger charge is -2.41. The first-order valence-electron chi connectivity index (χ1n) is 9.13. The molecule has 0 bridgehead atoms. The maximum atomic E-state index is 11.0. The molecular formula is C21H19N5O2. The van der Waals surface area contributed by atoms with Gasteiger partial charge in [0.1, 0.15) is 18.4 Å².